The lowest BCUT2D eigenvalue weighted by atomic mass is 9.85. The summed E-state index contributed by atoms with van der Waals surface area (Å²) in [5, 5.41) is 2.95. The number of nitrogens with zero attached hydrogens (tertiary/aromatic N) is 2. The van der Waals surface area contributed by atoms with Gasteiger partial charge in [-0.3, -0.25) is 14.4 Å². The number of carbonyl (C=O) groups excluding carboxylic acids is 3. The second-order valence-corrected chi connectivity index (χ2v) is 8.74. The van der Waals surface area contributed by atoms with Gasteiger partial charge in [0.25, 0.3) is 17.7 Å². The molecular formula is C23H18Cl2N2O3. The highest BCUT2D eigenvalue weighted by Crippen LogP contribution is 2.53. The smallest absolute Gasteiger partial charge is 0.272 e. The molecule has 5 nitrogen and oxygen atoms in total. The summed E-state index contributed by atoms with van der Waals surface area (Å²) in [6.45, 7) is -0.0105. The Kier molecular flexibility index (Phi) is 4.68. The molecule has 7 heteroatoms. The van der Waals surface area contributed by atoms with Crippen LogP contribution in [0.15, 0.2) is 60.7 Å². The van der Waals surface area contributed by atoms with Crippen molar-refractivity contribution in [1.29, 1.82) is 0 Å². The van der Waals surface area contributed by atoms with Crippen molar-refractivity contribution in [2.24, 2.45) is 23.7 Å². The third-order valence-electron chi connectivity index (χ3n) is 6.31. The normalized spacial score (nSPS) is 26.4. The van der Waals surface area contributed by atoms with E-state index in [1.54, 1.807) is 48.5 Å². The number of fused-ring (bicyclic) bond motifs is 5. The van der Waals surface area contributed by atoms with Crippen molar-refractivity contribution in [2.45, 2.75) is 13.0 Å². The first kappa shape index (κ1) is 19.3. The van der Waals surface area contributed by atoms with E-state index in [2.05, 4.69) is 0 Å². The Bertz CT molecular complexity index is 1070. The maximum absolute atomic E-state index is 13.5. The molecular weight excluding hydrogens is 423 g/mol. The van der Waals surface area contributed by atoms with Gasteiger partial charge < -0.3 is 0 Å². The summed E-state index contributed by atoms with van der Waals surface area (Å²) in [6.07, 6.45) is 4.87. The Balaban J connectivity index is 1.56. The van der Waals surface area contributed by atoms with Gasteiger partial charge in [0.1, 0.15) is 0 Å². The average Bonchev–Trinajstić information content (AvgIpc) is 3.42. The van der Waals surface area contributed by atoms with E-state index in [-0.39, 0.29) is 40.8 Å². The summed E-state index contributed by atoms with van der Waals surface area (Å²) in [5.74, 6) is -1.86. The zero-order valence-electron chi connectivity index (χ0n) is 15.9. The fraction of sp³-hybridized carbons (Fsp3) is 0.261. The number of hydrogen-bond acceptors (Lipinski definition) is 3. The van der Waals surface area contributed by atoms with Crippen LogP contribution in [0.4, 0.5) is 0 Å². The van der Waals surface area contributed by atoms with Crippen LogP contribution in [0.1, 0.15) is 22.3 Å². The Morgan fingerprint density at radius 1 is 0.900 bits per heavy atom. The summed E-state index contributed by atoms with van der Waals surface area (Å²) in [6, 6.07) is 13.7. The highest BCUT2D eigenvalue weighted by Gasteiger charge is 2.61. The van der Waals surface area contributed by atoms with Gasteiger partial charge in [0, 0.05) is 5.02 Å². The minimum atomic E-state index is -0.512. The van der Waals surface area contributed by atoms with E-state index in [4.69, 9.17) is 23.2 Å². The minimum Gasteiger partial charge on any atom is -0.272 e. The van der Waals surface area contributed by atoms with Crippen LogP contribution < -0.4 is 0 Å². The van der Waals surface area contributed by atoms with Crippen molar-refractivity contribution < 1.29 is 14.4 Å². The fourth-order valence-electron chi connectivity index (χ4n) is 4.92. The van der Waals surface area contributed by atoms with Gasteiger partial charge in [-0.2, -0.15) is 5.01 Å². The number of halogens is 2. The van der Waals surface area contributed by atoms with Gasteiger partial charge in [-0.1, -0.05) is 65.7 Å². The molecule has 2 aromatic carbocycles. The first-order valence-corrected chi connectivity index (χ1v) is 10.6. The number of hydrazine groups is 1. The molecule has 1 saturated heterocycles. The molecule has 4 atom stereocenters. The second kappa shape index (κ2) is 7.25. The summed E-state index contributed by atoms with van der Waals surface area (Å²) in [4.78, 5) is 40.2. The average molecular weight is 441 g/mol. The van der Waals surface area contributed by atoms with Crippen LogP contribution in [0.25, 0.3) is 0 Å². The predicted molar refractivity (Wildman–Crippen MR) is 112 cm³/mol. The molecule has 2 fully saturated rings. The lowest BCUT2D eigenvalue weighted by Gasteiger charge is -2.32. The maximum Gasteiger partial charge on any atom is 0.274 e. The number of benzene rings is 2. The van der Waals surface area contributed by atoms with Crippen molar-refractivity contribution in [3.05, 3.63) is 81.9 Å². The van der Waals surface area contributed by atoms with Crippen LogP contribution in [0.2, 0.25) is 10.0 Å². The van der Waals surface area contributed by atoms with Crippen LogP contribution in [0.5, 0.6) is 0 Å². The van der Waals surface area contributed by atoms with E-state index < -0.39 is 17.7 Å². The van der Waals surface area contributed by atoms with Crippen molar-refractivity contribution in [3.63, 3.8) is 0 Å². The topological polar surface area (TPSA) is 57.7 Å². The third-order valence-corrected chi connectivity index (χ3v) is 7.00. The van der Waals surface area contributed by atoms with Crippen molar-refractivity contribution in [3.8, 4) is 0 Å². The number of imide groups is 1. The van der Waals surface area contributed by atoms with Crippen molar-refractivity contribution in [2.75, 3.05) is 0 Å². The molecule has 30 heavy (non-hydrogen) atoms. The van der Waals surface area contributed by atoms with Gasteiger partial charge in [0.05, 0.1) is 29.0 Å². The molecule has 1 aliphatic heterocycles. The van der Waals surface area contributed by atoms with Crippen LogP contribution in [0, 0.1) is 23.7 Å². The number of rotatable bonds is 4. The van der Waals surface area contributed by atoms with Crippen LogP contribution >= 0.6 is 23.2 Å². The van der Waals surface area contributed by atoms with Gasteiger partial charge in [-0.05, 0) is 42.0 Å². The Hall–Kier alpha value is -2.63. The highest BCUT2D eigenvalue weighted by molar-refractivity contribution is 6.34. The fourth-order valence-corrected chi connectivity index (χ4v) is 5.33. The summed E-state index contributed by atoms with van der Waals surface area (Å²) in [7, 11) is 0. The Labute approximate surface area is 183 Å². The first-order valence-electron chi connectivity index (χ1n) is 9.83. The Morgan fingerprint density at radius 3 is 2.07 bits per heavy atom. The lowest BCUT2D eigenvalue weighted by Crippen LogP contribution is -2.50. The van der Waals surface area contributed by atoms with Crippen LogP contribution in [-0.4, -0.2) is 27.7 Å². The van der Waals surface area contributed by atoms with Crippen molar-refractivity contribution in [1.82, 2.24) is 10.0 Å². The molecule has 5 rings (SSSR count). The summed E-state index contributed by atoms with van der Waals surface area (Å²) in [5.41, 5.74) is 0.864. The minimum absolute atomic E-state index is 0.0105. The Morgan fingerprint density at radius 2 is 1.47 bits per heavy atom. The lowest BCUT2D eigenvalue weighted by molar-refractivity contribution is -0.156. The van der Waals surface area contributed by atoms with Gasteiger partial charge in [0.15, 0.2) is 0 Å². The first-order chi connectivity index (χ1) is 14.5. The molecule has 0 radical (unpaired) electrons. The zero-order chi connectivity index (χ0) is 21.0. The zero-order valence-corrected chi connectivity index (χ0v) is 17.4. The van der Waals surface area contributed by atoms with Crippen LogP contribution in [-0.2, 0) is 16.1 Å². The molecule has 2 aromatic rings. The number of amides is 3. The summed E-state index contributed by atoms with van der Waals surface area (Å²) >= 11 is 12.6. The molecule has 3 amide bonds. The van der Waals surface area contributed by atoms with E-state index in [1.165, 1.54) is 5.01 Å². The highest BCUT2D eigenvalue weighted by atomic mass is 35.5. The molecule has 2 aliphatic carbocycles. The van der Waals surface area contributed by atoms with Gasteiger partial charge in [-0.15, -0.1) is 0 Å². The number of carbonyl (C=O) groups is 3. The monoisotopic (exact) mass is 440 g/mol. The SMILES string of the molecule is O=C(c1ccccc1Cl)N(Cc1ccccc1Cl)N1C(=O)[C@H]2[C@H](C1=O)[C@H]1C=C[C@H]2C1. The number of allylic oxidation sites excluding steroid dienone is 2. The van der Waals surface area contributed by atoms with E-state index in [1.807, 2.05) is 12.2 Å². The van der Waals surface area contributed by atoms with Gasteiger partial charge >= 0.3 is 0 Å². The third kappa shape index (κ3) is 2.88. The van der Waals surface area contributed by atoms with Gasteiger partial charge in [-0.25, -0.2) is 5.01 Å². The van der Waals surface area contributed by atoms with E-state index >= 15 is 0 Å². The van der Waals surface area contributed by atoms with E-state index in [0.29, 0.717) is 10.6 Å². The predicted octanol–water partition coefficient (Wildman–Crippen LogP) is 4.36. The van der Waals surface area contributed by atoms with Gasteiger partial charge in [0.2, 0.25) is 0 Å². The maximum atomic E-state index is 13.5. The molecule has 1 heterocycles. The largest absolute Gasteiger partial charge is 0.274 e. The van der Waals surface area contributed by atoms with E-state index in [0.717, 1.165) is 11.4 Å². The molecule has 152 valence electrons. The van der Waals surface area contributed by atoms with Crippen molar-refractivity contribution >= 4 is 40.9 Å². The number of hydrogen-bond donors (Lipinski definition) is 0. The van der Waals surface area contributed by atoms with E-state index in [9.17, 15) is 14.4 Å². The standard InChI is InChI=1S/C23H18Cl2N2O3/c24-17-7-3-1-5-15(17)12-26(21(28)16-6-2-4-8-18(16)25)27-22(29)19-13-9-10-14(11-13)20(19)23(27)30/h1-10,13-14,19-20H,11-12H2/t13-,14-,19+,20+/m0/s1. The molecule has 0 aromatic heterocycles. The van der Waals surface area contributed by atoms with Crippen LogP contribution in [0.3, 0.4) is 0 Å². The second-order valence-electron chi connectivity index (χ2n) is 7.92. The molecule has 2 bridgehead atoms. The molecule has 0 unspecified atom stereocenters. The molecule has 0 N–H and O–H groups in total. The summed E-state index contributed by atoms with van der Waals surface area (Å²) < 4.78 is 0. The molecule has 3 aliphatic rings. The molecule has 1 saturated carbocycles. The molecule has 0 spiro atoms. The quantitative estimate of drug-likeness (QED) is 0.524.